The molecule has 0 fully saturated rings. The van der Waals surface area contributed by atoms with Crippen molar-refractivity contribution in [3.63, 3.8) is 0 Å². The van der Waals surface area contributed by atoms with Gasteiger partial charge in [0, 0.05) is 29.8 Å². The van der Waals surface area contributed by atoms with Crippen LogP contribution in [0, 0.1) is 5.92 Å². The van der Waals surface area contributed by atoms with Gasteiger partial charge in [0.2, 0.25) is 0 Å². The number of hydrogen-bond donors (Lipinski definition) is 1. The van der Waals surface area contributed by atoms with Gasteiger partial charge in [-0.1, -0.05) is 18.2 Å². The molecule has 1 N–H and O–H groups in total. The first-order valence-electron chi connectivity index (χ1n) is 7.15. The molecule has 0 saturated carbocycles. The molecule has 124 valence electrons. The summed E-state index contributed by atoms with van der Waals surface area (Å²) < 4.78 is 44.5. The van der Waals surface area contributed by atoms with E-state index in [-0.39, 0.29) is 28.6 Å². The lowest BCUT2D eigenvalue weighted by Gasteiger charge is -2.17. The van der Waals surface area contributed by atoms with Gasteiger partial charge in [0.1, 0.15) is 5.75 Å². The van der Waals surface area contributed by atoms with Crippen LogP contribution >= 0.6 is 0 Å². The summed E-state index contributed by atoms with van der Waals surface area (Å²) in [5.74, 6) is -0.813. The van der Waals surface area contributed by atoms with Crippen molar-refractivity contribution in [2.45, 2.75) is 19.0 Å². The summed E-state index contributed by atoms with van der Waals surface area (Å²) in [6.45, 7) is 3.62. The fourth-order valence-electron chi connectivity index (χ4n) is 2.88. The van der Waals surface area contributed by atoms with Crippen molar-refractivity contribution in [3.05, 3.63) is 47.7 Å². The third-order valence-corrected chi connectivity index (χ3v) is 3.92. The molecule has 1 atom stereocenters. The van der Waals surface area contributed by atoms with Crippen LogP contribution in [0.1, 0.15) is 24.0 Å². The molecule has 2 rings (SSSR count). The van der Waals surface area contributed by atoms with Gasteiger partial charge in [0.25, 0.3) is 0 Å². The minimum absolute atomic E-state index is 0.170. The Morgan fingerprint density at radius 2 is 2.13 bits per heavy atom. The number of ketones is 1. The zero-order valence-corrected chi connectivity index (χ0v) is 13.0. The largest absolute Gasteiger partial charge is 0.495 e. The van der Waals surface area contributed by atoms with Gasteiger partial charge < -0.3 is 10.1 Å². The third kappa shape index (κ3) is 3.11. The minimum atomic E-state index is -4.55. The first-order chi connectivity index (χ1) is 10.8. The Bertz CT molecular complexity index is 662. The number of benzene rings is 1. The topological polar surface area (TPSA) is 38.3 Å². The van der Waals surface area contributed by atoms with Crippen LogP contribution < -0.4 is 10.1 Å². The molecule has 3 nitrogen and oxygen atoms in total. The maximum atomic E-state index is 13.2. The summed E-state index contributed by atoms with van der Waals surface area (Å²) in [6, 6.07) is 3.71. The number of alkyl halides is 3. The van der Waals surface area contributed by atoms with Gasteiger partial charge in [-0.15, -0.1) is 6.58 Å². The predicted molar refractivity (Wildman–Crippen MR) is 81.9 cm³/mol. The van der Waals surface area contributed by atoms with Crippen molar-refractivity contribution in [1.82, 2.24) is 5.32 Å². The molecule has 0 aliphatic heterocycles. The normalized spacial score (nSPS) is 18.3. The second kappa shape index (κ2) is 6.48. The Kier molecular flexibility index (Phi) is 4.82. The number of methoxy groups -OCH3 is 1. The zero-order valence-electron chi connectivity index (χ0n) is 13.0. The molecule has 1 aliphatic rings. The third-order valence-electron chi connectivity index (χ3n) is 3.92. The van der Waals surface area contributed by atoms with E-state index in [1.807, 2.05) is 0 Å². The average molecular weight is 325 g/mol. The Labute approximate surface area is 132 Å². The van der Waals surface area contributed by atoms with E-state index in [1.54, 1.807) is 13.1 Å². The number of para-hydroxylation sites is 1. The van der Waals surface area contributed by atoms with Crippen LogP contribution in [0.25, 0.3) is 5.57 Å². The van der Waals surface area contributed by atoms with Gasteiger partial charge in [-0.25, -0.2) is 0 Å². The summed E-state index contributed by atoms with van der Waals surface area (Å²) in [7, 11) is 2.83. The predicted octanol–water partition coefficient (Wildman–Crippen LogP) is 3.81. The van der Waals surface area contributed by atoms with Gasteiger partial charge in [-0.05, 0) is 18.9 Å². The molecule has 23 heavy (non-hydrogen) atoms. The van der Waals surface area contributed by atoms with Gasteiger partial charge in [0.15, 0.2) is 5.78 Å². The summed E-state index contributed by atoms with van der Waals surface area (Å²) in [6.07, 6.45) is -1.98. The number of allylic oxidation sites excluding steroid dienone is 3. The summed E-state index contributed by atoms with van der Waals surface area (Å²) in [4.78, 5) is 12.6. The first kappa shape index (κ1) is 17.1. The van der Waals surface area contributed by atoms with Crippen LogP contribution in [-0.4, -0.2) is 19.9 Å². The number of ether oxygens (including phenoxy) is 1. The van der Waals surface area contributed by atoms with Gasteiger partial charge >= 0.3 is 6.18 Å². The van der Waals surface area contributed by atoms with Crippen LogP contribution in [0.15, 0.2) is 36.6 Å². The lowest BCUT2D eigenvalue weighted by atomic mass is 9.95. The molecule has 1 aromatic carbocycles. The molecule has 1 aliphatic carbocycles. The lowest BCUT2D eigenvalue weighted by molar-refractivity contribution is -0.138. The van der Waals surface area contributed by atoms with Crippen molar-refractivity contribution in [1.29, 1.82) is 0 Å². The monoisotopic (exact) mass is 325 g/mol. The van der Waals surface area contributed by atoms with Crippen LogP contribution in [0.3, 0.4) is 0 Å². The Hall–Kier alpha value is -2.24. The van der Waals surface area contributed by atoms with Crippen molar-refractivity contribution in [2.75, 3.05) is 14.2 Å². The van der Waals surface area contributed by atoms with Crippen molar-refractivity contribution >= 4 is 11.4 Å². The quantitative estimate of drug-likeness (QED) is 0.837. The van der Waals surface area contributed by atoms with E-state index in [0.29, 0.717) is 18.5 Å². The molecule has 0 saturated heterocycles. The number of nitrogens with one attached hydrogen (secondary N) is 1. The van der Waals surface area contributed by atoms with E-state index in [9.17, 15) is 18.0 Å². The molecular formula is C17H18F3NO2. The molecule has 1 aromatic rings. The second-order valence-electron chi connectivity index (χ2n) is 5.28. The molecule has 0 bridgehead atoms. The molecule has 0 amide bonds. The first-order valence-corrected chi connectivity index (χ1v) is 7.15. The summed E-state index contributed by atoms with van der Waals surface area (Å²) in [5.41, 5.74) is 0.172. The van der Waals surface area contributed by atoms with E-state index in [1.165, 1.54) is 19.2 Å². The highest BCUT2D eigenvalue weighted by Crippen LogP contribution is 2.44. The molecular weight excluding hydrogens is 307 g/mol. The minimum Gasteiger partial charge on any atom is -0.495 e. The highest BCUT2D eigenvalue weighted by Gasteiger charge is 2.39. The number of rotatable bonds is 5. The average Bonchev–Trinajstić information content (AvgIpc) is 2.82. The number of Topliss-reactive ketones (excluding diaryl/α,β-unsaturated/α-hetero) is 1. The van der Waals surface area contributed by atoms with E-state index in [2.05, 4.69) is 11.9 Å². The van der Waals surface area contributed by atoms with Gasteiger partial charge in [-0.3, -0.25) is 4.79 Å². The van der Waals surface area contributed by atoms with Crippen molar-refractivity contribution < 1.29 is 22.7 Å². The molecule has 6 heteroatoms. The lowest BCUT2D eigenvalue weighted by Crippen LogP contribution is -2.13. The van der Waals surface area contributed by atoms with Crippen LogP contribution in [0.5, 0.6) is 5.75 Å². The maximum absolute atomic E-state index is 13.2. The summed E-state index contributed by atoms with van der Waals surface area (Å²) >= 11 is 0. The van der Waals surface area contributed by atoms with E-state index >= 15 is 0 Å². The highest BCUT2D eigenvalue weighted by molar-refractivity contribution is 6.25. The molecule has 0 radical (unpaired) electrons. The summed E-state index contributed by atoms with van der Waals surface area (Å²) in [5, 5.41) is 2.93. The second-order valence-corrected chi connectivity index (χ2v) is 5.28. The van der Waals surface area contributed by atoms with Gasteiger partial charge in [-0.2, -0.15) is 13.2 Å². The fourth-order valence-corrected chi connectivity index (χ4v) is 2.88. The smallest absolute Gasteiger partial charge is 0.419 e. The van der Waals surface area contributed by atoms with E-state index in [4.69, 9.17) is 4.74 Å². The Morgan fingerprint density at radius 1 is 1.43 bits per heavy atom. The zero-order chi connectivity index (χ0) is 17.2. The van der Waals surface area contributed by atoms with Crippen LogP contribution in [0.4, 0.5) is 13.2 Å². The molecule has 0 aromatic heterocycles. The Morgan fingerprint density at radius 3 is 2.65 bits per heavy atom. The number of halogens is 3. The molecule has 0 spiro atoms. The molecule has 0 heterocycles. The number of carbonyl (C=O) groups is 1. The van der Waals surface area contributed by atoms with E-state index < -0.39 is 11.7 Å². The van der Waals surface area contributed by atoms with Crippen molar-refractivity contribution in [2.24, 2.45) is 5.92 Å². The van der Waals surface area contributed by atoms with Gasteiger partial charge in [0.05, 0.1) is 12.7 Å². The standard InChI is InChI=1S/C17H18F3NO2/c1-4-6-10-9-13(21-2)14(15(10)22)11-7-5-8-12(16(11)23-3)17(18,19)20/h4-5,7-8,10,21H,1,6,9H2,2-3H3. The SMILES string of the molecule is C=CCC1CC(NC)=C(c2cccc(C(F)(F)F)c2OC)C1=O. The van der Waals surface area contributed by atoms with E-state index in [0.717, 1.165) is 6.07 Å². The number of carbonyl (C=O) groups excluding carboxylic acids is 1. The van der Waals surface area contributed by atoms with Crippen LogP contribution in [-0.2, 0) is 11.0 Å². The van der Waals surface area contributed by atoms with Crippen LogP contribution in [0.2, 0.25) is 0 Å². The maximum Gasteiger partial charge on any atom is 0.419 e. The van der Waals surface area contributed by atoms with Crippen molar-refractivity contribution in [3.8, 4) is 5.75 Å². The number of hydrogen-bond acceptors (Lipinski definition) is 3. The fraction of sp³-hybridized carbons (Fsp3) is 0.353. The highest BCUT2D eigenvalue weighted by atomic mass is 19.4. The Balaban J connectivity index is 2.61. The molecule has 1 unspecified atom stereocenters.